The van der Waals surface area contributed by atoms with Crippen LogP contribution in [0.3, 0.4) is 0 Å². The number of hydrogen-bond donors (Lipinski definition) is 1. The van der Waals surface area contributed by atoms with Crippen LogP contribution in [0.2, 0.25) is 0 Å². The van der Waals surface area contributed by atoms with Gasteiger partial charge in [0, 0.05) is 36.0 Å². The first-order chi connectivity index (χ1) is 9.66. The van der Waals surface area contributed by atoms with Crippen LogP contribution in [0.25, 0.3) is 0 Å². The zero-order chi connectivity index (χ0) is 14.4. The third kappa shape index (κ3) is 4.56. The van der Waals surface area contributed by atoms with Crippen LogP contribution in [0.5, 0.6) is 0 Å². The maximum atomic E-state index is 11.9. The number of likely N-dealkylation sites (tertiary alicyclic amines) is 1. The lowest BCUT2D eigenvalue weighted by Gasteiger charge is -2.33. The average Bonchev–Trinajstić information content (AvgIpc) is 2.45. The Morgan fingerprint density at radius 2 is 2.35 bits per heavy atom. The predicted molar refractivity (Wildman–Crippen MR) is 83.8 cm³/mol. The number of piperidine rings is 1. The molecule has 0 unspecified atom stereocenters. The number of hydrogen-bond acceptors (Lipinski definition) is 3. The van der Waals surface area contributed by atoms with Gasteiger partial charge < -0.3 is 10.2 Å². The number of carbonyl (C=O) groups is 1. The molecule has 1 amide bonds. The molecule has 110 valence electrons. The van der Waals surface area contributed by atoms with E-state index in [-0.39, 0.29) is 5.91 Å². The number of halogens is 1. The van der Waals surface area contributed by atoms with Gasteiger partial charge in [-0.3, -0.25) is 9.78 Å². The van der Waals surface area contributed by atoms with Gasteiger partial charge in [-0.15, -0.1) is 0 Å². The zero-order valence-electron chi connectivity index (χ0n) is 11.9. The molecule has 0 bridgehead atoms. The van der Waals surface area contributed by atoms with E-state index in [0.29, 0.717) is 18.2 Å². The lowest BCUT2D eigenvalue weighted by atomic mass is 10.0. The molecule has 1 aliphatic heterocycles. The van der Waals surface area contributed by atoms with E-state index in [1.54, 1.807) is 18.5 Å². The molecule has 20 heavy (non-hydrogen) atoms. The monoisotopic (exact) mass is 339 g/mol. The molecule has 1 aromatic heterocycles. The van der Waals surface area contributed by atoms with Crippen LogP contribution in [-0.4, -0.2) is 41.5 Å². The van der Waals surface area contributed by atoms with Crippen LogP contribution in [-0.2, 0) is 0 Å². The molecule has 1 N–H and O–H groups in total. The lowest BCUT2D eigenvalue weighted by Crippen LogP contribution is -2.39. The highest BCUT2D eigenvalue weighted by Crippen LogP contribution is 2.16. The fourth-order valence-electron chi connectivity index (χ4n) is 2.61. The zero-order valence-corrected chi connectivity index (χ0v) is 13.5. The van der Waals surface area contributed by atoms with Crippen molar-refractivity contribution in [1.82, 2.24) is 15.2 Å². The van der Waals surface area contributed by atoms with E-state index in [1.807, 2.05) is 0 Å². The van der Waals surface area contributed by atoms with Gasteiger partial charge in [0.25, 0.3) is 5.91 Å². The molecule has 1 aliphatic rings. The molecule has 2 rings (SSSR count). The van der Waals surface area contributed by atoms with Gasteiger partial charge in [-0.25, -0.2) is 0 Å². The Balaban J connectivity index is 1.69. The summed E-state index contributed by atoms with van der Waals surface area (Å²) in [5, 5.41) is 2.95. The standard InChI is InChI=1S/C15H22BrN3O/c1-12-5-2-3-7-19(12)8-4-6-18-15(20)13-9-14(16)11-17-10-13/h9-12H,2-8H2,1H3,(H,18,20)/t12-/m1/s1. The smallest absolute Gasteiger partial charge is 0.252 e. The highest BCUT2D eigenvalue weighted by atomic mass is 79.9. The minimum absolute atomic E-state index is 0.0505. The summed E-state index contributed by atoms with van der Waals surface area (Å²) in [5.74, 6) is -0.0505. The number of pyridine rings is 1. The van der Waals surface area contributed by atoms with Crippen LogP contribution in [0.1, 0.15) is 43.0 Å². The summed E-state index contributed by atoms with van der Waals surface area (Å²) in [6.45, 7) is 5.28. The first-order valence-corrected chi connectivity index (χ1v) is 8.09. The largest absolute Gasteiger partial charge is 0.352 e. The molecular formula is C15H22BrN3O. The minimum atomic E-state index is -0.0505. The van der Waals surface area contributed by atoms with Gasteiger partial charge in [0.1, 0.15) is 0 Å². The molecule has 2 heterocycles. The molecule has 0 radical (unpaired) electrons. The van der Waals surface area contributed by atoms with Gasteiger partial charge in [-0.05, 0) is 54.7 Å². The summed E-state index contributed by atoms with van der Waals surface area (Å²) in [6.07, 6.45) is 8.22. The van der Waals surface area contributed by atoms with E-state index in [9.17, 15) is 4.79 Å². The number of rotatable bonds is 5. The quantitative estimate of drug-likeness (QED) is 0.839. The van der Waals surface area contributed by atoms with E-state index < -0.39 is 0 Å². The molecule has 1 saturated heterocycles. The number of amides is 1. The van der Waals surface area contributed by atoms with Crippen LogP contribution in [0.4, 0.5) is 0 Å². The van der Waals surface area contributed by atoms with E-state index >= 15 is 0 Å². The molecule has 1 aromatic rings. The summed E-state index contributed by atoms with van der Waals surface area (Å²) < 4.78 is 0.826. The van der Waals surface area contributed by atoms with E-state index in [1.165, 1.54) is 25.8 Å². The summed E-state index contributed by atoms with van der Waals surface area (Å²) in [5.41, 5.74) is 0.603. The molecule has 0 saturated carbocycles. The maximum absolute atomic E-state index is 11.9. The summed E-state index contributed by atoms with van der Waals surface area (Å²) in [4.78, 5) is 18.5. The van der Waals surface area contributed by atoms with Gasteiger partial charge in [0.05, 0.1) is 5.56 Å². The Bertz CT molecular complexity index is 452. The highest BCUT2D eigenvalue weighted by Gasteiger charge is 2.17. The maximum Gasteiger partial charge on any atom is 0.252 e. The Morgan fingerprint density at radius 1 is 1.50 bits per heavy atom. The van der Waals surface area contributed by atoms with Crippen molar-refractivity contribution in [2.75, 3.05) is 19.6 Å². The molecule has 1 atom stereocenters. The van der Waals surface area contributed by atoms with Gasteiger partial charge in [0.15, 0.2) is 0 Å². The van der Waals surface area contributed by atoms with Gasteiger partial charge in [-0.1, -0.05) is 6.42 Å². The van der Waals surface area contributed by atoms with Crippen LogP contribution < -0.4 is 5.32 Å². The second-order valence-electron chi connectivity index (χ2n) is 5.38. The molecule has 0 aliphatic carbocycles. The van der Waals surface area contributed by atoms with Crippen molar-refractivity contribution in [2.24, 2.45) is 0 Å². The van der Waals surface area contributed by atoms with Crippen molar-refractivity contribution in [3.8, 4) is 0 Å². The van der Waals surface area contributed by atoms with E-state index in [4.69, 9.17) is 0 Å². The molecular weight excluding hydrogens is 318 g/mol. The summed E-state index contributed by atoms with van der Waals surface area (Å²) in [6, 6.07) is 2.48. The molecule has 5 heteroatoms. The fraction of sp³-hybridized carbons (Fsp3) is 0.600. The molecule has 0 aromatic carbocycles. The number of nitrogens with one attached hydrogen (secondary N) is 1. The van der Waals surface area contributed by atoms with Gasteiger partial charge in [-0.2, -0.15) is 0 Å². The second-order valence-corrected chi connectivity index (χ2v) is 6.30. The normalized spacial score (nSPS) is 19.8. The average molecular weight is 340 g/mol. The van der Waals surface area contributed by atoms with Crippen molar-refractivity contribution in [2.45, 2.75) is 38.6 Å². The Morgan fingerprint density at radius 3 is 3.10 bits per heavy atom. The van der Waals surface area contributed by atoms with E-state index in [2.05, 4.69) is 38.1 Å². The summed E-state index contributed by atoms with van der Waals surface area (Å²) >= 11 is 3.32. The highest BCUT2D eigenvalue weighted by molar-refractivity contribution is 9.10. The van der Waals surface area contributed by atoms with Crippen LogP contribution in [0, 0.1) is 0 Å². The number of carbonyl (C=O) groups excluding carboxylic acids is 1. The van der Waals surface area contributed by atoms with Crippen LogP contribution >= 0.6 is 15.9 Å². The Labute approximate surface area is 129 Å². The van der Waals surface area contributed by atoms with E-state index in [0.717, 1.165) is 17.4 Å². The van der Waals surface area contributed by atoms with Crippen molar-refractivity contribution >= 4 is 21.8 Å². The predicted octanol–water partition coefficient (Wildman–Crippen LogP) is 2.84. The minimum Gasteiger partial charge on any atom is -0.352 e. The van der Waals surface area contributed by atoms with Crippen molar-refractivity contribution in [3.05, 3.63) is 28.5 Å². The number of nitrogens with zero attached hydrogens (tertiary/aromatic N) is 2. The SMILES string of the molecule is C[C@@H]1CCCCN1CCCNC(=O)c1cncc(Br)c1. The van der Waals surface area contributed by atoms with Crippen molar-refractivity contribution < 1.29 is 4.79 Å². The first-order valence-electron chi connectivity index (χ1n) is 7.29. The molecule has 4 nitrogen and oxygen atoms in total. The lowest BCUT2D eigenvalue weighted by molar-refractivity contribution is 0.0948. The topological polar surface area (TPSA) is 45.2 Å². The van der Waals surface area contributed by atoms with Gasteiger partial charge in [0.2, 0.25) is 0 Å². The van der Waals surface area contributed by atoms with Gasteiger partial charge >= 0.3 is 0 Å². The Kier molecular flexibility index (Phi) is 5.98. The Hall–Kier alpha value is -0.940. The van der Waals surface area contributed by atoms with Crippen LogP contribution in [0.15, 0.2) is 22.9 Å². The first kappa shape index (κ1) is 15.4. The third-order valence-corrected chi connectivity index (χ3v) is 4.25. The molecule has 1 fully saturated rings. The van der Waals surface area contributed by atoms with Crippen molar-refractivity contribution in [1.29, 1.82) is 0 Å². The second kappa shape index (κ2) is 7.74. The summed E-state index contributed by atoms with van der Waals surface area (Å²) in [7, 11) is 0. The fourth-order valence-corrected chi connectivity index (χ4v) is 2.98. The van der Waals surface area contributed by atoms with Crippen molar-refractivity contribution in [3.63, 3.8) is 0 Å². The number of aromatic nitrogens is 1. The third-order valence-electron chi connectivity index (χ3n) is 3.82. The molecule has 0 spiro atoms.